The lowest BCUT2D eigenvalue weighted by Gasteiger charge is -2.41. The van der Waals surface area contributed by atoms with Gasteiger partial charge in [0, 0.05) is 40.8 Å². The smallest absolute Gasteiger partial charge is 0.326 e. The van der Waals surface area contributed by atoms with Crippen LogP contribution in [0, 0.1) is 23.7 Å². The molecule has 2 aromatic carbocycles. The Balaban J connectivity index is 1.78. The fourth-order valence-corrected chi connectivity index (χ4v) is 8.63. The molecule has 4 amide bonds. The normalized spacial score (nSPS) is 18.3. The Hall–Kier alpha value is -4.53. The minimum atomic E-state index is -1.15. The number of likely N-dealkylation sites (tertiary alicyclic amines) is 1. The van der Waals surface area contributed by atoms with E-state index < -0.39 is 60.2 Å². The van der Waals surface area contributed by atoms with Crippen LogP contribution >= 0.6 is 0 Å². The molecule has 4 N–H and O–H groups in total. The maximum atomic E-state index is 14.5. The van der Waals surface area contributed by atoms with Crippen molar-refractivity contribution >= 4 is 29.6 Å². The quantitative estimate of drug-likeness (QED) is 0.123. The first-order valence-corrected chi connectivity index (χ1v) is 21.3. The third-order valence-corrected chi connectivity index (χ3v) is 12.1. The van der Waals surface area contributed by atoms with Gasteiger partial charge in [0.15, 0.2) is 0 Å². The van der Waals surface area contributed by atoms with Crippen LogP contribution in [-0.4, -0.2) is 132 Å². The number of phenolic OH excluding ortho intramolecular Hbond substituents is 1. The Morgan fingerprint density at radius 3 is 2.02 bits per heavy atom. The number of likely N-dealkylation sites (N-methyl/N-ethyl adjacent to an activating group) is 2. The monoisotopic (exact) mass is 838 g/mol. The number of hydrogen-bond donors (Lipinski definition) is 4. The summed E-state index contributed by atoms with van der Waals surface area (Å²) in [5, 5.41) is 25.4. The van der Waals surface area contributed by atoms with Crippen LogP contribution in [0.3, 0.4) is 0 Å². The topological polar surface area (TPSA) is 178 Å². The number of carbonyl (C=O) groups excluding carboxylic acids is 4. The minimum absolute atomic E-state index is 0.0367. The highest BCUT2D eigenvalue weighted by atomic mass is 16.5. The number of hydrogen-bond acceptors (Lipinski definition) is 9. The molecular weight excluding hydrogens is 767 g/mol. The van der Waals surface area contributed by atoms with Crippen LogP contribution in [0.5, 0.6) is 5.75 Å². The molecule has 1 saturated heterocycles. The van der Waals surface area contributed by atoms with E-state index in [0.717, 1.165) is 11.1 Å². The molecule has 60 heavy (non-hydrogen) atoms. The maximum Gasteiger partial charge on any atom is 0.326 e. The average molecular weight is 838 g/mol. The summed E-state index contributed by atoms with van der Waals surface area (Å²) < 4.78 is 11.9. The SMILES string of the molecule is CC[C@H](C)[C@@H]([C@@H](CC(=O)N1CCC[C@H]1[C@H](OC)[C@@H](C)C(=O)N[C@@H](Cc1ccccc1)C(=O)O)OC)N(C)C(=O)[C@@H](NC(=O)[C@H](C(C)C)N(C)Cc1ccc(O)cc1)C(C)C. The Bertz CT molecular complexity index is 1690. The van der Waals surface area contributed by atoms with Gasteiger partial charge in [-0.1, -0.05) is 97.4 Å². The number of phenols is 1. The van der Waals surface area contributed by atoms with Gasteiger partial charge < -0.3 is 40.1 Å². The summed E-state index contributed by atoms with van der Waals surface area (Å²) in [6.45, 7) is 14.3. The summed E-state index contributed by atoms with van der Waals surface area (Å²) in [7, 11) is 6.60. The number of carboxylic acids is 1. The molecule has 1 aliphatic heterocycles. The third-order valence-electron chi connectivity index (χ3n) is 12.1. The van der Waals surface area contributed by atoms with Gasteiger partial charge in [0.25, 0.3) is 0 Å². The van der Waals surface area contributed by atoms with Crippen LogP contribution in [0.2, 0.25) is 0 Å². The van der Waals surface area contributed by atoms with Gasteiger partial charge >= 0.3 is 5.97 Å². The lowest BCUT2D eigenvalue weighted by Crippen LogP contribution is -2.60. The molecule has 334 valence electrons. The fourth-order valence-electron chi connectivity index (χ4n) is 8.63. The Morgan fingerprint density at radius 2 is 1.48 bits per heavy atom. The second-order valence-corrected chi connectivity index (χ2v) is 17.2. The molecule has 0 bridgehead atoms. The Labute approximate surface area is 357 Å². The number of ether oxygens (including phenoxy) is 2. The first kappa shape index (κ1) is 49.8. The van der Waals surface area contributed by atoms with Crippen LogP contribution in [-0.2, 0) is 46.4 Å². The molecule has 0 aliphatic carbocycles. The molecule has 9 atom stereocenters. The molecule has 3 rings (SSSR count). The van der Waals surface area contributed by atoms with Crippen molar-refractivity contribution in [3.63, 3.8) is 0 Å². The molecular formula is C46H71N5O9. The molecule has 1 aliphatic rings. The standard InChI is InChI=1S/C46H71N5O9/c1-12-30(6)41(50(9)45(56)39(28(2)3)48-44(55)40(29(4)5)49(8)27-33-20-22-34(52)23-21-33)37(59-10)26-38(53)51-24-16-19-36(51)42(60-11)31(7)43(54)47-35(46(57)58)25-32-17-14-13-15-18-32/h13-15,17-18,20-23,28-31,35-37,39-42,52H,12,16,19,24-27H2,1-11H3,(H,47,54)(H,48,55)(H,57,58)/t30-,31+,35-,36-,37+,39-,40-,41-,42+/m0/s1. The van der Waals surface area contributed by atoms with Crippen molar-refractivity contribution in [3.05, 3.63) is 65.7 Å². The van der Waals surface area contributed by atoms with Crippen molar-refractivity contribution in [1.82, 2.24) is 25.3 Å². The number of carbonyl (C=O) groups is 5. The molecule has 1 fully saturated rings. The first-order chi connectivity index (χ1) is 28.4. The number of aliphatic carboxylic acids is 1. The second-order valence-electron chi connectivity index (χ2n) is 17.2. The molecule has 0 unspecified atom stereocenters. The number of methoxy groups -OCH3 is 2. The van der Waals surface area contributed by atoms with Crippen molar-refractivity contribution in [2.75, 3.05) is 34.9 Å². The summed E-state index contributed by atoms with van der Waals surface area (Å²) >= 11 is 0. The van der Waals surface area contributed by atoms with E-state index in [1.165, 1.54) is 14.2 Å². The van der Waals surface area contributed by atoms with Crippen molar-refractivity contribution in [3.8, 4) is 5.75 Å². The number of nitrogens with zero attached hydrogens (tertiary/aromatic N) is 3. The predicted octanol–water partition coefficient (Wildman–Crippen LogP) is 4.72. The third kappa shape index (κ3) is 13.2. The van der Waals surface area contributed by atoms with E-state index >= 15 is 0 Å². The lowest BCUT2D eigenvalue weighted by molar-refractivity contribution is -0.148. The molecule has 0 radical (unpaired) electrons. The van der Waals surface area contributed by atoms with E-state index in [-0.39, 0.29) is 54.1 Å². The van der Waals surface area contributed by atoms with Gasteiger partial charge in [0.05, 0.1) is 42.7 Å². The summed E-state index contributed by atoms with van der Waals surface area (Å²) in [6.07, 6.45) is 0.666. The molecule has 1 heterocycles. The highest BCUT2D eigenvalue weighted by Crippen LogP contribution is 2.30. The van der Waals surface area contributed by atoms with Gasteiger partial charge in [-0.2, -0.15) is 0 Å². The zero-order chi connectivity index (χ0) is 44.8. The van der Waals surface area contributed by atoms with Crippen molar-refractivity contribution in [2.45, 2.75) is 130 Å². The molecule has 14 heteroatoms. The van der Waals surface area contributed by atoms with E-state index in [4.69, 9.17) is 9.47 Å². The Morgan fingerprint density at radius 1 is 0.850 bits per heavy atom. The van der Waals surface area contributed by atoms with Gasteiger partial charge in [0.2, 0.25) is 23.6 Å². The highest BCUT2D eigenvalue weighted by molar-refractivity contribution is 5.90. The van der Waals surface area contributed by atoms with Crippen LogP contribution in [0.25, 0.3) is 0 Å². The number of nitrogens with one attached hydrogen (secondary N) is 2. The Kier molecular flexibility index (Phi) is 19.5. The first-order valence-electron chi connectivity index (χ1n) is 21.3. The van der Waals surface area contributed by atoms with Crippen LogP contribution in [0.15, 0.2) is 54.6 Å². The van der Waals surface area contributed by atoms with E-state index in [1.807, 2.05) is 96.0 Å². The van der Waals surface area contributed by atoms with Gasteiger partial charge in [-0.15, -0.1) is 0 Å². The summed E-state index contributed by atoms with van der Waals surface area (Å²) in [4.78, 5) is 73.8. The van der Waals surface area contributed by atoms with E-state index in [0.29, 0.717) is 32.4 Å². The van der Waals surface area contributed by atoms with Crippen LogP contribution < -0.4 is 10.6 Å². The van der Waals surface area contributed by atoms with Gasteiger partial charge in [-0.25, -0.2) is 4.79 Å². The van der Waals surface area contributed by atoms with E-state index in [1.54, 1.807) is 35.9 Å². The van der Waals surface area contributed by atoms with Crippen molar-refractivity contribution < 1.29 is 43.7 Å². The fraction of sp³-hybridized carbons (Fsp3) is 0.630. The summed E-state index contributed by atoms with van der Waals surface area (Å²) in [5.41, 5.74) is 1.71. The molecule has 0 spiro atoms. The highest BCUT2D eigenvalue weighted by Gasteiger charge is 2.43. The van der Waals surface area contributed by atoms with Gasteiger partial charge in [-0.05, 0) is 60.9 Å². The zero-order valence-electron chi connectivity index (χ0n) is 37.6. The number of amides is 4. The molecule has 14 nitrogen and oxygen atoms in total. The van der Waals surface area contributed by atoms with Crippen LogP contribution in [0.4, 0.5) is 0 Å². The van der Waals surface area contributed by atoms with Crippen molar-refractivity contribution in [2.24, 2.45) is 23.7 Å². The predicted molar refractivity (Wildman–Crippen MR) is 231 cm³/mol. The zero-order valence-corrected chi connectivity index (χ0v) is 37.6. The summed E-state index contributed by atoms with van der Waals surface area (Å²) in [6, 6.07) is 12.4. The maximum absolute atomic E-state index is 14.5. The largest absolute Gasteiger partial charge is 0.508 e. The number of aromatic hydroxyl groups is 1. The molecule has 2 aromatic rings. The summed E-state index contributed by atoms with van der Waals surface area (Å²) in [5.74, 6) is -3.39. The average Bonchev–Trinajstić information content (AvgIpc) is 3.69. The minimum Gasteiger partial charge on any atom is -0.508 e. The van der Waals surface area contributed by atoms with E-state index in [2.05, 4.69) is 10.6 Å². The van der Waals surface area contributed by atoms with Gasteiger partial charge in [-0.3, -0.25) is 24.1 Å². The van der Waals surface area contributed by atoms with E-state index in [9.17, 15) is 34.2 Å². The number of benzene rings is 2. The molecule has 0 aromatic heterocycles. The second kappa shape index (κ2) is 23.5. The lowest BCUT2D eigenvalue weighted by atomic mass is 9.89. The molecule has 0 saturated carbocycles. The number of carboxylic acid groups (broad SMARTS) is 1. The van der Waals surface area contributed by atoms with Crippen molar-refractivity contribution in [1.29, 1.82) is 0 Å². The number of rotatable bonds is 23. The van der Waals surface area contributed by atoms with Gasteiger partial charge in [0.1, 0.15) is 17.8 Å². The van der Waals surface area contributed by atoms with Crippen LogP contribution in [0.1, 0.15) is 85.3 Å².